The zero-order chi connectivity index (χ0) is 27.6. The molecule has 8 aromatic carbocycles. The first-order valence-corrected chi connectivity index (χ1v) is 15.2. The van der Waals surface area contributed by atoms with Gasteiger partial charge in [-0.2, -0.15) is 0 Å². The lowest BCUT2D eigenvalue weighted by atomic mass is 10.00. The number of hydrogen-bond acceptors (Lipinski definition) is 2. The summed E-state index contributed by atoms with van der Waals surface area (Å²) >= 11 is 1.89. The van der Waals surface area contributed by atoms with Crippen LogP contribution in [0.4, 0.5) is 17.1 Å². The van der Waals surface area contributed by atoms with Crippen LogP contribution >= 0.6 is 11.3 Å². The first-order valence-electron chi connectivity index (χ1n) is 14.4. The summed E-state index contributed by atoms with van der Waals surface area (Å²) in [5, 5.41) is 12.8. The average molecular weight is 552 g/mol. The first kappa shape index (κ1) is 23.5. The third kappa shape index (κ3) is 3.56. The van der Waals surface area contributed by atoms with Crippen LogP contribution in [-0.4, -0.2) is 0 Å². The molecule has 1 heterocycles. The second-order valence-electron chi connectivity index (χ2n) is 11.0. The minimum absolute atomic E-state index is 1.15. The highest BCUT2D eigenvalue weighted by Crippen LogP contribution is 2.44. The van der Waals surface area contributed by atoms with Gasteiger partial charge in [0.15, 0.2) is 0 Å². The van der Waals surface area contributed by atoms with Crippen molar-refractivity contribution in [1.29, 1.82) is 0 Å². The fraction of sp³-hybridized carbons (Fsp3) is 0. The lowest BCUT2D eigenvalue weighted by Crippen LogP contribution is -2.10. The highest BCUT2D eigenvalue weighted by molar-refractivity contribution is 7.26. The second kappa shape index (κ2) is 9.17. The molecule has 196 valence electrons. The number of nitrogens with zero attached hydrogens (tertiary/aromatic N) is 1. The molecule has 2 heteroatoms. The lowest BCUT2D eigenvalue weighted by molar-refractivity contribution is 1.31. The third-order valence-corrected chi connectivity index (χ3v) is 9.82. The molecule has 0 saturated carbocycles. The van der Waals surface area contributed by atoms with Crippen LogP contribution in [0.3, 0.4) is 0 Å². The highest BCUT2D eigenvalue weighted by atomic mass is 32.1. The van der Waals surface area contributed by atoms with Crippen molar-refractivity contribution in [3.8, 4) is 0 Å². The average Bonchev–Trinajstić information content (AvgIpc) is 3.44. The van der Waals surface area contributed by atoms with Crippen LogP contribution in [0, 0.1) is 0 Å². The summed E-state index contributed by atoms with van der Waals surface area (Å²) in [6, 6.07) is 55.6. The predicted octanol–water partition coefficient (Wildman–Crippen LogP) is 12.1. The van der Waals surface area contributed by atoms with Crippen LogP contribution in [0.25, 0.3) is 63.3 Å². The molecule has 42 heavy (non-hydrogen) atoms. The normalized spacial score (nSPS) is 11.8. The van der Waals surface area contributed by atoms with Crippen LogP contribution in [-0.2, 0) is 0 Å². The molecule has 0 aliphatic carbocycles. The number of rotatable bonds is 3. The van der Waals surface area contributed by atoms with Gasteiger partial charge in [0.25, 0.3) is 0 Å². The zero-order valence-electron chi connectivity index (χ0n) is 22.8. The third-order valence-electron chi connectivity index (χ3n) is 8.60. The Bertz CT molecular complexity index is 2480. The van der Waals surface area contributed by atoms with Gasteiger partial charge in [0.05, 0.1) is 5.69 Å². The van der Waals surface area contributed by atoms with E-state index in [1.54, 1.807) is 0 Å². The number of thiophene rings is 1. The Hall–Kier alpha value is -5.18. The van der Waals surface area contributed by atoms with Crippen molar-refractivity contribution in [3.05, 3.63) is 152 Å². The van der Waals surface area contributed by atoms with Gasteiger partial charge in [-0.1, -0.05) is 115 Å². The Morgan fingerprint density at radius 2 is 0.929 bits per heavy atom. The van der Waals surface area contributed by atoms with Gasteiger partial charge < -0.3 is 4.90 Å². The van der Waals surface area contributed by atoms with Crippen molar-refractivity contribution in [2.75, 3.05) is 4.90 Å². The second-order valence-corrected chi connectivity index (χ2v) is 12.0. The molecule has 0 bridgehead atoms. The number of anilines is 3. The van der Waals surface area contributed by atoms with E-state index < -0.39 is 0 Å². The smallest absolute Gasteiger partial charge is 0.0540 e. The van der Waals surface area contributed by atoms with E-state index in [0.29, 0.717) is 0 Å². The molecule has 0 saturated heterocycles. The minimum Gasteiger partial charge on any atom is -0.310 e. The summed E-state index contributed by atoms with van der Waals surface area (Å²) in [4.78, 5) is 2.43. The van der Waals surface area contributed by atoms with Gasteiger partial charge in [0.2, 0.25) is 0 Å². The van der Waals surface area contributed by atoms with Crippen LogP contribution in [0.5, 0.6) is 0 Å². The molecule has 0 spiro atoms. The molecule has 0 fully saturated rings. The topological polar surface area (TPSA) is 3.24 Å². The fourth-order valence-corrected chi connectivity index (χ4v) is 7.83. The molecule has 0 unspecified atom stereocenters. The highest BCUT2D eigenvalue weighted by Gasteiger charge is 2.18. The van der Waals surface area contributed by atoms with Crippen molar-refractivity contribution < 1.29 is 0 Å². The van der Waals surface area contributed by atoms with Crippen LogP contribution in [0.2, 0.25) is 0 Å². The Morgan fingerprint density at radius 1 is 0.357 bits per heavy atom. The maximum Gasteiger partial charge on any atom is 0.0540 e. The summed E-state index contributed by atoms with van der Waals surface area (Å²) in [6.07, 6.45) is 0. The molecule has 0 aliphatic rings. The van der Waals surface area contributed by atoms with Crippen molar-refractivity contribution in [1.82, 2.24) is 0 Å². The van der Waals surface area contributed by atoms with Gasteiger partial charge in [-0.25, -0.2) is 0 Å². The van der Waals surface area contributed by atoms with Gasteiger partial charge in [-0.3, -0.25) is 0 Å². The Morgan fingerprint density at radius 3 is 1.83 bits per heavy atom. The van der Waals surface area contributed by atoms with E-state index in [1.165, 1.54) is 68.9 Å². The quantitative estimate of drug-likeness (QED) is 0.197. The van der Waals surface area contributed by atoms with Gasteiger partial charge in [-0.15, -0.1) is 11.3 Å². The van der Waals surface area contributed by atoms with E-state index in [0.717, 1.165) is 11.4 Å². The molecule has 0 N–H and O–H groups in total. The van der Waals surface area contributed by atoms with Crippen LogP contribution in [0.1, 0.15) is 0 Å². The van der Waals surface area contributed by atoms with Crippen molar-refractivity contribution in [2.45, 2.75) is 0 Å². The summed E-state index contributed by atoms with van der Waals surface area (Å²) in [5.41, 5.74) is 3.48. The minimum atomic E-state index is 1.15. The standard InChI is InChI=1S/C40H25NS/c1-3-11-32-27(9-1)16-17-29-24-30(21-23-33(29)32)41(38-14-7-10-26-8-2-4-12-34(26)38)31-20-18-28-19-22-36-35-13-5-6-15-39(35)42-40(36)37(28)25-31/h1-25H. The summed E-state index contributed by atoms with van der Waals surface area (Å²) in [5.74, 6) is 0. The Kier molecular flexibility index (Phi) is 5.13. The predicted molar refractivity (Wildman–Crippen MR) is 184 cm³/mol. The fourth-order valence-electron chi connectivity index (χ4n) is 6.60. The number of fused-ring (bicyclic) bond motifs is 9. The molecule has 1 nitrogen and oxygen atoms in total. The zero-order valence-corrected chi connectivity index (χ0v) is 23.6. The summed E-state index contributed by atoms with van der Waals surface area (Å²) < 4.78 is 2.68. The molecule has 9 rings (SSSR count). The summed E-state index contributed by atoms with van der Waals surface area (Å²) in [6.45, 7) is 0. The van der Waals surface area contributed by atoms with Gasteiger partial charge in [0.1, 0.15) is 0 Å². The summed E-state index contributed by atoms with van der Waals surface area (Å²) in [7, 11) is 0. The molecule has 0 aliphatic heterocycles. The SMILES string of the molecule is c1ccc2c(N(c3ccc4c(ccc5ccccc54)c3)c3ccc4ccc5c6ccccc6sc5c4c3)cccc2c1. The monoisotopic (exact) mass is 551 g/mol. The van der Waals surface area contributed by atoms with Crippen LogP contribution < -0.4 is 4.90 Å². The number of benzene rings is 8. The maximum atomic E-state index is 2.43. The largest absolute Gasteiger partial charge is 0.310 e. The Balaban J connectivity index is 1.33. The van der Waals surface area contributed by atoms with Crippen molar-refractivity contribution >= 4 is 91.7 Å². The molecule has 0 radical (unpaired) electrons. The van der Waals surface area contributed by atoms with E-state index >= 15 is 0 Å². The van der Waals surface area contributed by atoms with E-state index in [9.17, 15) is 0 Å². The first-order chi connectivity index (χ1) is 20.8. The van der Waals surface area contributed by atoms with E-state index in [4.69, 9.17) is 0 Å². The number of hydrogen-bond donors (Lipinski definition) is 0. The molecule has 0 atom stereocenters. The van der Waals surface area contributed by atoms with E-state index in [-0.39, 0.29) is 0 Å². The molecule has 9 aromatic rings. The van der Waals surface area contributed by atoms with Crippen molar-refractivity contribution in [2.24, 2.45) is 0 Å². The molecular formula is C40H25NS. The van der Waals surface area contributed by atoms with Gasteiger partial charge in [0, 0.05) is 42.3 Å². The Labute approximate surface area is 247 Å². The molecular weight excluding hydrogens is 527 g/mol. The van der Waals surface area contributed by atoms with Crippen molar-refractivity contribution in [3.63, 3.8) is 0 Å². The lowest BCUT2D eigenvalue weighted by Gasteiger charge is -2.27. The van der Waals surface area contributed by atoms with Gasteiger partial charge >= 0.3 is 0 Å². The maximum absolute atomic E-state index is 2.43. The van der Waals surface area contributed by atoms with E-state index in [1.807, 2.05) is 11.3 Å². The van der Waals surface area contributed by atoms with Gasteiger partial charge in [-0.05, 0) is 68.7 Å². The molecule has 0 amide bonds. The van der Waals surface area contributed by atoms with Crippen LogP contribution in [0.15, 0.2) is 152 Å². The molecule has 1 aromatic heterocycles. The van der Waals surface area contributed by atoms with E-state index in [2.05, 4.69) is 157 Å².